The summed E-state index contributed by atoms with van der Waals surface area (Å²) in [6.07, 6.45) is 5.12. The topological polar surface area (TPSA) is 69.0 Å². The summed E-state index contributed by atoms with van der Waals surface area (Å²) in [6.45, 7) is 0. The zero-order chi connectivity index (χ0) is 20.2. The molecule has 0 unspecified atom stereocenters. The number of nitrogens with one attached hydrogen (secondary N) is 1. The lowest BCUT2D eigenvalue weighted by Crippen LogP contribution is -2.12. The van der Waals surface area contributed by atoms with Gasteiger partial charge in [-0.15, -0.1) is 0 Å². The van der Waals surface area contributed by atoms with Crippen LogP contribution >= 0.6 is 0 Å². The first-order chi connectivity index (χ1) is 14.1. The molecule has 4 aromatic rings. The lowest BCUT2D eigenvalue weighted by molar-refractivity contribution is 0.102. The second-order valence-corrected chi connectivity index (χ2v) is 6.01. The Balaban J connectivity index is 1.43. The first kappa shape index (κ1) is 18.3. The Bertz CT molecular complexity index is 1150. The number of hydrogen-bond acceptors (Lipinski definition) is 4. The first-order valence-electron chi connectivity index (χ1n) is 8.58. The third-order valence-corrected chi connectivity index (χ3v) is 4.01. The Morgan fingerprint density at radius 2 is 1.69 bits per heavy atom. The van der Waals surface area contributed by atoms with Crippen LogP contribution in [-0.4, -0.2) is 20.4 Å². The van der Waals surface area contributed by atoms with Crippen molar-refractivity contribution in [3.05, 3.63) is 96.6 Å². The normalized spacial score (nSPS) is 10.6. The number of rotatable bonds is 5. The van der Waals surface area contributed by atoms with Crippen LogP contribution in [0.3, 0.4) is 0 Å². The lowest BCUT2D eigenvalue weighted by atomic mass is 10.2. The largest absolute Gasteiger partial charge is 0.439 e. The van der Waals surface area contributed by atoms with Crippen molar-refractivity contribution in [1.29, 1.82) is 0 Å². The number of nitrogens with zero attached hydrogens (tertiary/aromatic N) is 3. The minimum Gasteiger partial charge on any atom is -0.439 e. The van der Waals surface area contributed by atoms with Gasteiger partial charge in [-0.2, -0.15) is 0 Å². The summed E-state index contributed by atoms with van der Waals surface area (Å²) in [7, 11) is 0. The molecule has 0 radical (unpaired) electrons. The average Bonchev–Trinajstić information content (AvgIpc) is 3.27. The van der Waals surface area contributed by atoms with Crippen LogP contribution in [0.1, 0.15) is 10.4 Å². The fourth-order valence-corrected chi connectivity index (χ4v) is 2.58. The first-order valence-corrected chi connectivity index (χ1v) is 8.58. The average molecular weight is 392 g/mol. The van der Waals surface area contributed by atoms with E-state index in [2.05, 4.69) is 15.3 Å². The second kappa shape index (κ2) is 7.89. The molecule has 0 saturated carbocycles. The molecule has 0 saturated heterocycles. The van der Waals surface area contributed by atoms with Crippen molar-refractivity contribution in [2.24, 2.45) is 0 Å². The zero-order valence-electron chi connectivity index (χ0n) is 14.9. The van der Waals surface area contributed by atoms with Crippen molar-refractivity contribution < 1.29 is 18.3 Å². The van der Waals surface area contributed by atoms with E-state index < -0.39 is 17.5 Å². The Morgan fingerprint density at radius 1 is 0.931 bits per heavy atom. The van der Waals surface area contributed by atoms with Crippen LogP contribution in [0.5, 0.6) is 11.6 Å². The Kier molecular flexibility index (Phi) is 4.98. The van der Waals surface area contributed by atoms with E-state index >= 15 is 0 Å². The van der Waals surface area contributed by atoms with Gasteiger partial charge in [0.25, 0.3) is 5.91 Å². The highest BCUT2D eigenvalue weighted by Crippen LogP contribution is 2.23. The molecule has 1 N–H and O–H groups in total. The summed E-state index contributed by atoms with van der Waals surface area (Å²) in [5.74, 6) is -1.10. The predicted octanol–water partition coefficient (Wildman–Crippen LogP) is 4.59. The molecule has 4 rings (SSSR count). The third kappa shape index (κ3) is 4.27. The number of carbonyl (C=O) groups excluding carboxylic acids is 1. The molecule has 144 valence electrons. The molecule has 29 heavy (non-hydrogen) atoms. The van der Waals surface area contributed by atoms with Gasteiger partial charge in [0.05, 0.1) is 0 Å². The number of anilines is 1. The molecule has 0 fully saturated rings. The highest BCUT2D eigenvalue weighted by Gasteiger charge is 2.10. The molecule has 2 aromatic heterocycles. The molecule has 0 aliphatic heterocycles. The van der Waals surface area contributed by atoms with E-state index in [0.717, 1.165) is 12.1 Å². The number of benzene rings is 2. The molecule has 8 heteroatoms. The van der Waals surface area contributed by atoms with Crippen LogP contribution in [0, 0.1) is 11.6 Å². The SMILES string of the molecule is O=C(Nc1ccc(Oc2cc(-n3cccc3)ncn2)cc1)c1ccc(F)c(F)c1. The summed E-state index contributed by atoms with van der Waals surface area (Å²) >= 11 is 0. The van der Waals surface area contributed by atoms with E-state index in [1.54, 1.807) is 30.3 Å². The van der Waals surface area contributed by atoms with Crippen LogP contribution in [0.2, 0.25) is 0 Å². The smallest absolute Gasteiger partial charge is 0.255 e. The number of amides is 1. The van der Waals surface area contributed by atoms with Gasteiger partial charge in [0.1, 0.15) is 17.9 Å². The van der Waals surface area contributed by atoms with E-state index in [0.29, 0.717) is 23.1 Å². The van der Waals surface area contributed by atoms with Gasteiger partial charge in [0, 0.05) is 29.7 Å². The molecule has 0 aliphatic carbocycles. The molecule has 0 spiro atoms. The lowest BCUT2D eigenvalue weighted by Gasteiger charge is -2.09. The van der Waals surface area contributed by atoms with Crippen LogP contribution in [0.25, 0.3) is 5.82 Å². The molecular weight excluding hydrogens is 378 g/mol. The highest BCUT2D eigenvalue weighted by molar-refractivity contribution is 6.04. The maximum atomic E-state index is 13.3. The van der Waals surface area contributed by atoms with Crippen LogP contribution < -0.4 is 10.1 Å². The van der Waals surface area contributed by atoms with Crippen molar-refractivity contribution in [3.63, 3.8) is 0 Å². The minimum absolute atomic E-state index is 0.0164. The van der Waals surface area contributed by atoms with Gasteiger partial charge in [-0.1, -0.05) is 0 Å². The number of halogens is 2. The molecule has 0 atom stereocenters. The molecule has 6 nitrogen and oxygen atoms in total. The summed E-state index contributed by atoms with van der Waals surface area (Å²) in [5, 5.41) is 2.61. The van der Waals surface area contributed by atoms with E-state index in [-0.39, 0.29) is 5.56 Å². The third-order valence-electron chi connectivity index (χ3n) is 4.01. The monoisotopic (exact) mass is 392 g/mol. The summed E-state index contributed by atoms with van der Waals surface area (Å²) < 4.78 is 33.8. The van der Waals surface area contributed by atoms with Crippen LogP contribution in [0.4, 0.5) is 14.5 Å². The number of ether oxygens (including phenoxy) is 1. The van der Waals surface area contributed by atoms with E-state index in [9.17, 15) is 13.6 Å². The van der Waals surface area contributed by atoms with Crippen molar-refractivity contribution in [3.8, 4) is 17.4 Å². The number of aromatic nitrogens is 3. The fourth-order valence-electron chi connectivity index (χ4n) is 2.58. The van der Waals surface area contributed by atoms with Crippen molar-refractivity contribution >= 4 is 11.6 Å². The Labute approximate surface area is 164 Å². The maximum absolute atomic E-state index is 13.3. The van der Waals surface area contributed by atoms with Gasteiger partial charge < -0.3 is 14.6 Å². The van der Waals surface area contributed by atoms with Crippen LogP contribution in [0.15, 0.2) is 79.4 Å². The molecule has 0 bridgehead atoms. The van der Waals surface area contributed by atoms with E-state index in [1.165, 1.54) is 12.4 Å². The van der Waals surface area contributed by atoms with Gasteiger partial charge in [-0.25, -0.2) is 18.7 Å². The zero-order valence-corrected chi connectivity index (χ0v) is 14.9. The standard InChI is InChI=1S/C21H14F2N4O2/c22-17-8-3-14(11-18(17)23)21(28)26-15-4-6-16(7-5-15)29-20-12-19(24-13-25-20)27-9-1-2-10-27/h1-13H,(H,26,28). The van der Waals surface area contributed by atoms with Gasteiger partial charge >= 0.3 is 0 Å². The van der Waals surface area contributed by atoms with Crippen molar-refractivity contribution in [1.82, 2.24) is 14.5 Å². The summed E-state index contributed by atoms with van der Waals surface area (Å²) in [4.78, 5) is 20.4. The number of carbonyl (C=O) groups is 1. The molecule has 1 amide bonds. The van der Waals surface area contributed by atoms with Gasteiger partial charge in [-0.05, 0) is 54.6 Å². The predicted molar refractivity (Wildman–Crippen MR) is 102 cm³/mol. The quantitative estimate of drug-likeness (QED) is 0.539. The number of hydrogen-bond donors (Lipinski definition) is 1. The molecule has 0 aliphatic rings. The van der Waals surface area contributed by atoms with E-state index in [1.807, 2.05) is 29.1 Å². The molecule has 2 heterocycles. The minimum atomic E-state index is -1.08. The second-order valence-electron chi connectivity index (χ2n) is 6.01. The molecular formula is C21H14F2N4O2. The maximum Gasteiger partial charge on any atom is 0.255 e. The van der Waals surface area contributed by atoms with Gasteiger partial charge in [-0.3, -0.25) is 4.79 Å². The van der Waals surface area contributed by atoms with Gasteiger partial charge in [0.15, 0.2) is 11.6 Å². The summed E-state index contributed by atoms with van der Waals surface area (Å²) in [6, 6.07) is 15.0. The Morgan fingerprint density at radius 3 is 2.41 bits per heavy atom. The fraction of sp³-hybridized carbons (Fsp3) is 0. The Hall–Kier alpha value is -4.07. The van der Waals surface area contributed by atoms with E-state index in [4.69, 9.17) is 4.74 Å². The van der Waals surface area contributed by atoms with Crippen molar-refractivity contribution in [2.75, 3.05) is 5.32 Å². The van der Waals surface area contributed by atoms with Gasteiger partial charge in [0.2, 0.25) is 5.88 Å². The van der Waals surface area contributed by atoms with Crippen molar-refractivity contribution in [2.45, 2.75) is 0 Å². The van der Waals surface area contributed by atoms with Crippen LogP contribution in [-0.2, 0) is 0 Å². The summed E-state index contributed by atoms with van der Waals surface area (Å²) in [5.41, 5.74) is 0.491. The highest BCUT2D eigenvalue weighted by atomic mass is 19.2. The molecule has 2 aromatic carbocycles.